The van der Waals surface area contributed by atoms with E-state index in [1.165, 1.54) is 11.3 Å². The summed E-state index contributed by atoms with van der Waals surface area (Å²) in [5.41, 5.74) is 0.856. The van der Waals surface area contributed by atoms with Crippen LogP contribution in [0.2, 0.25) is 5.02 Å². The van der Waals surface area contributed by atoms with Gasteiger partial charge in [0.05, 0.1) is 0 Å². The number of benzene rings is 1. The lowest BCUT2D eigenvalue weighted by Gasteiger charge is -2.20. The Hall–Kier alpha value is -1.92. The van der Waals surface area contributed by atoms with Gasteiger partial charge in [0.15, 0.2) is 5.13 Å². The fourth-order valence-corrected chi connectivity index (χ4v) is 3.02. The van der Waals surface area contributed by atoms with E-state index in [0.717, 1.165) is 12.8 Å². The molecule has 2 amide bonds. The second-order valence-electron chi connectivity index (χ2n) is 5.29. The zero-order valence-corrected chi connectivity index (χ0v) is 15.3. The summed E-state index contributed by atoms with van der Waals surface area (Å²) in [6, 6.07) is 6.59. The summed E-state index contributed by atoms with van der Waals surface area (Å²) < 4.78 is 0. The molecule has 0 saturated heterocycles. The van der Waals surface area contributed by atoms with Crippen molar-refractivity contribution in [3.8, 4) is 0 Å². The number of nitrogens with zero attached hydrogens (tertiary/aromatic N) is 2. The first-order chi connectivity index (χ1) is 11.5. The van der Waals surface area contributed by atoms with Gasteiger partial charge in [-0.3, -0.25) is 14.9 Å². The molecule has 2 rings (SSSR count). The highest BCUT2D eigenvalue weighted by atomic mass is 35.5. The molecule has 2 aromatic rings. The van der Waals surface area contributed by atoms with Gasteiger partial charge in [-0.1, -0.05) is 25.4 Å². The summed E-state index contributed by atoms with van der Waals surface area (Å²) in [6.07, 6.45) is 1.80. The summed E-state index contributed by atoms with van der Waals surface area (Å²) in [4.78, 5) is 30.7. The van der Waals surface area contributed by atoms with Crippen LogP contribution in [0.4, 0.5) is 5.13 Å². The van der Waals surface area contributed by atoms with Crippen molar-refractivity contribution in [2.75, 3.05) is 18.4 Å². The molecule has 0 bridgehead atoms. The predicted molar refractivity (Wildman–Crippen MR) is 98.0 cm³/mol. The number of aromatic nitrogens is 1. The lowest BCUT2D eigenvalue weighted by Crippen LogP contribution is -2.32. The smallest absolute Gasteiger partial charge is 0.273 e. The Morgan fingerprint density at radius 1 is 1.17 bits per heavy atom. The lowest BCUT2D eigenvalue weighted by molar-refractivity contribution is 0.0750. The third-order valence-corrected chi connectivity index (χ3v) is 4.33. The van der Waals surface area contributed by atoms with Crippen LogP contribution in [-0.2, 0) is 0 Å². The predicted octanol–water partition coefficient (Wildman–Crippen LogP) is 4.31. The highest BCUT2D eigenvalue weighted by Crippen LogP contribution is 2.19. The number of anilines is 1. The maximum Gasteiger partial charge on any atom is 0.273 e. The zero-order chi connectivity index (χ0) is 17.5. The minimum atomic E-state index is -0.279. The van der Waals surface area contributed by atoms with E-state index in [4.69, 9.17) is 11.6 Å². The minimum Gasteiger partial charge on any atom is -0.337 e. The SMILES string of the molecule is CCCN(CCC)C(=O)c1csc(NC(=O)c2ccc(Cl)cc2)n1. The van der Waals surface area contributed by atoms with E-state index in [0.29, 0.717) is 34.5 Å². The van der Waals surface area contributed by atoms with E-state index in [-0.39, 0.29) is 11.8 Å². The van der Waals surface area contributed by atoms with Gasteiger partial charge in [-0.25, -0.2) is 4.98 Å². The third kappa shape index (κ3) is 4.79. The molecular formula is C17H20ClN3O2S. The average Bonchev–Trinajstić information content (AvgIpc) is 3.03. The number of thiazole rings is 1. The van der Waals surface area contributed by atoms with Crippen molar-refractivity contribution >= 4 is 39.9 Å². The second-order valence-corrected chi connectivity index (χ2v) is 6.59. The van der Waals surface area contributed by atoms with Gasteiger partial charge in [0.1, 0.15) is 5.69 Å². The second kappa shape index (κ2) is 8.80. The Kier molecular flexibility index (Phi) is 6.75. The molecule has 1 N–H and O–H groups in total. The van der Waals surface area contributed by atoms with Gasteiger partial charge in [0.25, 0.3) is 11.8 Å². The van der Waals surface area contributed by atoms with Crippen LogP contribution in [0.25, 0.3) is 0 Å². The van der Waals surface area contributed by atoms with E-state index in [2.05, 4.69) is 10.3 Å². The number of nitrogens with one attached hydrogen (secondary N) is 1. The molecule has 0 atom stereocenters. The molecule has 0 aliphatic rings. The normalized spacial score (nSPS) is 10.5. The molecule has 0 aliphatic heterocycles. The Morgan fingerprint density at radius 2 is 1.79 bits per heavy atom. The van der Waals surface area contributed by atoms with Crippen LogP contribution in [0.15, 0.2) is 29.6 Å². The molecule has 1 aromatic carbocycles. The van der Waals surface area contributed by atoms with Crippen LogP contribution in [-0.4, -0.2) is 34.8 Å². The van der Waals surface area contributed by atoms with Gasteiger partial charge in [-0.05, 0) is 37.1 Å². The zero-order valence-electron chi connectivity index (χ0n) is 13.7. The molecule has 128 valence electrons. The van der Waals surface area contributed by atoms with Crippen molar-refractivity contribution in [1.82, 2.24) is 9.88 Å². The lowest BCUT2D eigenvalue weighted by atomic mass is 10.2. The van der Waals surface area contributed by atoms with Gasteiger partial charge >= 0.3 is 0 Å². The van der Waals surface area contributed by atoms with Crippen LogP contribution < -0.4 is 5.32 Å². The van der Waals surface area contributed by atoms with Crippen molar-refractivity contribution in [2.45, 2.75) is 26.7 Å². The van der Waals surface area contributed by atoms with Crippen molar-refractivity contribution in [1.29, 1.82) is 0 Å². The molecule has 0 unspecified atom stereocenters. The van der Waals surface area contributed by atoms with Gasteiger partial charge in [0, 0.05) is 29.1 Å². The molecule has 0 spiro atoms. The fraction of sp³-hybridized carbons (Fsp3) is 0.353. The first-order valence-electron chi connectivity index (χ1n) is 7.86. The number of hydrogen-bond acceptors (Lipinski definition) is 4. The number of carbonyl (C=O) groups excluding carboxylic acids is 2. The maximum absolute atomic E-state index is 12.5. The van der Waals surface area contributed by atoms with E-state index in [1.54, 1.807) is 34.5 Å². The average molecular weight is 366 g/mol. The fourth-order valence-electron chi connectivity index (χ4n) is 2.22. The summed E-state index contributed by atoms with van der Waals surface area (Å²) in [7, 11) is 0. The molecule has 0 fully saturated rings. The Balaban J connectivity index is 2.05. The van der Waals surface area contributed by atoms with Crippen LogP contribution in [0.3, 0.4) is 0 Å². The molecule has 1 aromatic heterocycles. The number of halogens is 1. The third-order valence-electron chi connectivity index (χ3n) is 3.32. The molecule has 1 heterocycles. The Labute approximate surface area is 150 Å². The van der Waals surface area contributed by atoms with Crippen LogP contribution in [0.1, 0.15) is 47.5 Å². The van der Waals surface area contributed by atoms with Crippen molar-refractivity contribution in [3.63, 3.8) is 0 Å². The molecule has 24 heavy (non-hydrogen) atoms. The molecule has 0 aliphatic carbocycles. The van der Waals surface area contributed by atoms with Gasteiger partial charge in [0.2, 0.25) is 0 Å². The molecular weight excluding hydrogens is 346 g/mol. The highest BCUT2D eigenvalue weighted by Gasteiger charge is 2.18. The van der Waals surface area contributed by atoms with Crippen molar-refractivity contribution in [3.05, 3.63) is 45.9 Å². The van der Waals surface area contributed by atoms with E-state index >= 15 is 0 Å². The highest BCUT2D eigenvalue weighted by molar-refractivity contribution is 7.14. The van der Waals surface area contributed by atoms with Crippen molar-refractivity contribution in [2.24, 2.45) is 0 Å². The summed E-state index contributed by atoms with van der Waals surface area (Å²) in [5, 5.41) is 5.37. The first kappa shape index (κ1) is 18.4. The monoisotopic (exact) mass is 365 g/mol. The summed E-state index contributed by atoms with van der Waals surface area (Å²) >= 11 is 7.05. The van der Waals surface area contributed by atoms with Gasteiger partial charge < -0.3 is 4.90 Å². The van der Waals surface area contributed by atoms with Crippen LogP contribution in [0.5, 0.6) is 0 Å². The minimum absolute atomic E-state index is 0.0954. The standard InChI is InChI=1S/C17H20ClN3O2S/c1-3-9-21(10-4-2)16(23)14-11-24-17(19-14)20-15(22)12-5-7-13(18)8-6-12/h5-8,11H,3-4,9-10H2,1-2H3,(H,19,20,22). The first-order valence-corrected chi connectivity index (χ1v) is 9.12. The van der Waals surface area contributed by atoms with Crippen LogP contribution in [0, 0.1) is 0 Å². The Morgan fingerprint density at radius 3 is 2.38 bits per heavy atom. The van der Waals surface area contributed by atoms with E-state index in [9.17, 15) is 9.59 Å². The van der Waals surface area contributed by atoms with Gasteiger partial charge in [-0.2, -0.15) is 0 Å². The number of carbonyl (C=O) groups is 2. The maximum atomic E-state index is 12.5. The Bertz CT molecular complexity index is 694. The number of hydrogen-bond donors (Lipinski definition) is 1. The van der Waals surface area contributed by atoms with E-state index < -0.39 is 0 Å². The quantitative estimate of drug-likeness (QED) is 0.795. The molecule has 0 saturated carbocycles. The van der Waals surface area contributed by atoms with Crippen LogP contribution >= 0.6 is 22.9 Å². The van der Waals surface area contributed by atoms with E-state index in [1.807, 2.05) is 13.8 Å². The summed E-state index contributed by atoms with van der Waals surface area (Å²) in [5.74, 6) is -0.374. The topological polar surface area (TPSA) is 62.3 Å². The van der Waals surface area contributed by atoms with Gasteiger partial charge in [-0.15, -0.1) is 11.3 Å². The molecule has 5 nitrogen and oxygen atoms in total. The number of rotatable bonds is 7. The molecule has 7 heteroatoms. The number of amides is 2. The summed E-state index contributed by atoms with van der Waals surface area (Å²) in [6.45, 7) is 5.48. The molecule has 0 radical (unpaired) electrons. The largest absolute Gasteiger partial charge is 0.337 e. The van der Waals surface area contributed by atoms with Crippen molar-refractivity contribution < 1.29 is 9.59 Å².